The number of aromatic nitrogens is 9. The molecule has 0 bridgehead atoms. The number of aryl methyl sites for hydroxylation is 3. The number of nitrogens with zero attached hydrogens (tertiary/aromatic N) is 9. The second kappa shape index (κ2) is 46.5. The summed E-state index contributed by atoms with van der Waals surface area (Å²) in [5.74, 6) is 0. The number of hydrogen-bond donors (Lipinski definition) is 2. The number of thiazole rings is 4. The Morgan fingerprint density at radius 2 is 0.571 bits per heavy atom. The number of benzene rings is 8. The lowest BCUT2D eigenvalue weighted by molar-refractivity contribution is 0.00578. The smallest absolute Gasteiger partial charge is 0.405 e. The first-order chi connectivity index (χ1) is 65.3. The summed E-state index contributed by atoms with van der Waals surface area (Å²) in [6.45, 7) is 39.0. The van der Waals surface area contributed by atoms with Crippen molar-refractivity contribution in [2.45, 2.75) is 196 Å². The SMILES string of the molecule is Brc1cncc(-c2nc3ccccc3s2)c1.Brc1cncc(-c2nc3ccccc3s2)c1.C.C.CC1(C)OB(B2OC(C)(C)C(C)(C)O2)OC1(C)C.Cc1cc(-c2cncc(-c3nc4ccccc4s3)c2)cc(-c2cncc(-c3nc4ccccc4s3)c2)c1.Cc1cc(B2OC(C)(C)C(C)(C)O2)cc(B2OC(C)(C)C(C)(C)O2)c1.Cc1cc(Br)cc(Br)c1.Nc1ccccc1S.O=Cc1cncc(Br)c1. The van der Waals surface area contributed by atoms with E-state index in [9.17, 15) is 4.79 Å². The molecule has 4 fully saturated rings. The number of para-hydroxylation sites is 5. The van der Waals surface area contributed by atoms with E-state index < -0.39 is 14.0 Å². The Labute approximate surface area is 887 Å². The fourth-order valence-corrected chi connectivity index (χ4v) is 20.9. The molecule has 13 heterocycles. The van der Waals surface area contributed by atoms with E-state index in [4.69, 9.17) is 52.9 Å². The molecule has 0 aliphatic carbocycles. The third kappa shape index (κ3) is 27.4. The minimum atomic E-state index is -0.476. The minimum Gasteiger partial charge on any atom is -0.405 e. The van der Waals surface area contributed by atoms with E-state index in [1.807, 2.05) is 196 Å². The van der Waals surface area contributed by atoms with Crippen molar-refractivity contribution >= 4 is 230 Å². The lowest BCUT2D eigenvalue weighted by Crippen LogP contribution is -2.41. The van der Waals surface area contributed by atoms with Crippen LogP contribution in [0.1, 0.15) is 153 Å². The number of carbonyl (C=O) groups is 1. The van der Waals surface area contributed by atoms with E-state index in [1.54, 1.807) is 70.0 Å². The molecule has 0 unspecified atom stereocenters. The number of fused-ring (bicyclic) bond motifs is 4. The van der Waals surface area contributed by atoms with Gasteiger partial charge in [-0.15, -0.1) is 58.0 Å². The van der Waals surface area contributed by atoms with E-state index in [0.29, 0.717) is 5.56 Å². The van der Waals surface area contributed by atoms with Crippen LogP contribution in [0.25, 0.3) is 105 Å². The average Bonchev–Trinajstić information content (AvgIpc) is 1.61. The number of pyridine rings is 5. The molecule has 0 atom stereocenters. The van der Waals surface area contributed by atoms with E-state index in [1.165, 1.54) is 36.1 Å². The second-order valence-corrected chi connectivity index (χ2v) is 46.6. The summed E-state index contributed by atoms with van der Waals surface area (Å²) in [6.07, 6.45) is 18.8. The largest absolute Gasteiger partial charge is 0.494 e. The average molecular weight is 2290 g/mol. The first kappa shape index (κ1) is 110. The van der Waals surface area contributed by atoms with Crippen molar-refractivity contribution in [1.82, 2.24) is 44.9 Å². The summed E-state index contributed by atoms with van der Waals surface area (Å²) >= 11 is 27.6. The third-order valence-electron chi connectivity index (χ3n) is 24.5. The molecule has 9 aromatic heterocycles. The number of anilines is 1. The fourth-order valence-electron chi connectivity index (χ4n) is 14.3. The van der Waals surface area contributed by atoms with Crippen molar-refractivity contribution in [3.63, 3.8) is 0 Å². The Kier molecular flexibility index (Phi) is 36.6. The summed E-state index contributed by atoms with van der Waals surface area (Å²) in [5.41, 5.74) is 22.2. The molecule has 21 rings (SSSR count). The fraction of sp³-hybridized carbons (Fsp3) is 0.271. The summed E-state index contributed by atoms with van der Waals surface area (Å²) in [6, 6.07) is 69.4. The molecule has 17 aromatic rings. The van der Waals surface area contributed by atoms with Crippen LogP contribution in [0.3, 0.4) is 0 Å². The van der Waals surface area contributed by atoms with Crippen LogP contribution in [0, 0.1) is 20.8 Å². The molecule has 722 valence electrons. The van der Waals surface area contributed by atoms with Gasteiger partial charge in [0.15, 0.2) is 6.29 Å². The van der Waals surface area contributed by atoms with Gasteiger partial charge in [0.2, 0.25) is 0 Å². The van der Waals surface area contributed by atoms with Crippen LogP contribution in [0.4, 0.5) is 5.69 Å². The van der Waals surface area contributed by atoms with E-state index in [2.05, 4.69) is 300 Å². The maximum Gasteiger partial charge on any atom is 0.494 e. The lowest BCUT2D eigenvalue weighted by Gasteiger charge is -2.32. The number of thiol groups is 1. The first-order valence-corrected chi connectivity index (χ1v) is 52.2. The van der Waals surface area contributed by atoms with Crippen LogP contribution in [0.2, 0.25) is 0 Å². The Morgan fingerprint density at radius 1 is 0.300 bits per heavy atom. The highest BCUT2D eigenvalue weighted by Crippen LogP contribution is 2.46. The first-order valence-electron chi connectivity index (χ1n) is 44.5. The van der Waals surface area contributed by atoms with Crippen LogP contribution in [-0.2, 0) is 37.2 Å². The molecule has 4 saturated heterocycles. The maximum atomic E-state index is 10.1. The van der Waals surface area contributed by atoms with Crippen LogP contribution in [0.15, 0.2) is 295 Å². The highest BCUT2D eigenvalue weighted by molar-refractivity contribution is 9.11. The van der Waals surface area contributed by atoms with Gasteiger partial charge < -0.3 is 43.0 Å². The van der Waals surface area contributed by atoms with Crippen LogP contribution < -0.4 is 16.7 Å². The van der Waals surface area contributed by atoms with Crippen molar-refractivity contribution in [2.75, 3.05) is 5.73 Å². The molecule has 2 N–H and O–H groups in total. The van der Waals surface area contributed by atoms with E-state index in [-0.39, 0.29) is 73.9 Å². The van der Waals surface area contributed by atoms with Crippen molar-refractivity contribution in [3.05, 3.63) is 313 Å². The van der Waals surface area contributed by atoms with Gasteiger partial charge in [0.05, 0.1) is 85.7 Å². The Morgan fingerprint density at radius 3 is 0.864 bits per heavy atom. The number of halogens is 5. The van der Waals surface area contributed by atoms with Gasteiger partial charge in [-0.2, -0.15) is 0 Å². The number of aldehydes is 1. The highest BCUT2D eigenvalue weighted by Gasteiger charge is 2.64. The standard InChI is InChI=1S/C31H20N4S2.C19H30B2O4.C12H24B2O4.2C12H7BrN2S.C7H6Br2.C6H4BrNO.C6H7NS.2CH4/c1-19-10-20(22-13-24(17-32-15-22)30-34-26-6-2-4-8-28(26)36-30)12-21(11-19)23-14-25(18-33-16-23)31-35-27-7-3-5-9-29(27)37-31;1-13-10-14(20-22-16(2,3)17(4,5)23-20)12-15(11-13)21-24-18(6,7)19(8,9)25-21;1-9(2)10(3,4)16-13(15-9)14-17-11(5,6)12(7,8)18-14;2*13-9-5-8(6-14-7-9)12-15-10-3-1-2-4-11(10)16-12;1-5-2-6(8)4-7(9)3-5;7-6-1-5(4-9)2-8-3-6;7-5-3-1-2-4-6(5)8;;/h2-18H,1H3;10-12H,1-9H3;1-8H3;2*1-7H;2-4H,1H3;1-4H;1-4,8H,7H2;2*1H4. The molecule has 0 radical (unpaired) electrons. The lowest BCUT2D eigenvalue weighted by atomic mass is 9.49. The summed E-state index contributed by atoms with van der Waals surface area (Å²) in [7, 11) is -1.72. The van der Waals surface area contributed by atoms with Crippen molar-refractivity contribution in [3.8, 4) is 64.5 Å². The van der Waals surface area contributed by atoms with Gasteiger partial charge >= 0.3 is 28.3 Å². The van der Waals surface area contributed by atoms with Gasteiger partial charge in [0.1, 0.15) is 20.0 Å². The summed E-state index contributed by atoms with van der Waals surface area (Å²) < 4.78 is 58.4. The Bertz CT molecular complexity index is 6580. The van der Waals surface area contributed by atoms with Gasteiger partial charge in [-0.3, -0.25) is 29.7 Å². The Hall–Kier alpha value is -8.77. The van der Waals surface area contributed by atoms with Gasteiger partial charge in [-0.05, 0) is 328 Å². The second-order valence-electron chi connectivity index (χ2n) is 37.4. The molecule has 0 spiro atoms. The van der Waals surface area contributed by atoms with Crippen LogP contribution in [-0.4, -0.2) is 124 Å². The molecule has 0 amide bonds. The number of nitrogens with two attached hydrogens (primary N) is 1. The van der Waals surface area contributed by atoms with Crippen LogP contribution >= 0.6 is 138 Å². The molecular formula is C107H113B4Br5N10O9S5. The third-order valence-corrected chi connectivity index (χ3v) is 31.5. The zero-order valence-electron chi connectivity index (χ0n) is 80.0. The molecule has 33 heteroatoms. The molecule has 4 aliphatic heterocycles. The Balaban J connectivity index is 0.000000151. The van der Waals surface area contributed by atoms with Gasteiger partial charge in [0, 0.05) is 134 Å². The molecular weight excluding hydrogens is 2170 g/mol. The quantitative estimate of drug-likeness (QED) is 0.0560. The number of carbonyl (C=O) groups excluding carboxylic acids is 1. The predicted molar refractivity (Wildman–Crippen MR) is 606 cm³/mol. The van der Waals surface area contributed by atoms with Gasteiger partial charge in [0.25, 0.3) is 0 Å². The summed E-state index contributed by atoms with van der Waals surface area (Å²) in [5, 5.41) is 3.98. The monoisotopic (exact) mass is 2280 g/mol. The highest BCUT2D eigenvalue weighted by atomic mass is 79.9. The minimum absolute atomic E-state index is 0. The zero-order chi connectivity index (χ0) is 99.0. The molecule has 8 aromatic carbocycles. The molecule has 19 nitrogen and oxygen atoms in total. The molecule has 4 aliphatic rings. The van der Waals surface area contributed by atoms with Crippen molar-refractivity contribution in [2.24, 2.45) is 0 Å². The topological polar surface area (TPSA) is 233 Å². The van der Waals surface area contributed by atoms with Crippen molar-refractivity contribution in [1.29, 1.82) is 0 Å². The van der Waals surface area contributed by atoms with Crippen LogP contribution in [0.5, 0.6) is 0 Å². The van der Waals surface area contributed by atoms with Gasteiger partial charge in [-0.25, -0.2) is 19.9 Å². The predicted octanol–water partition coefficient (Wildman–Crippen LogP) is 29.8. The van der Waals surface area contributed by atoms with Crippen molar-refractivity contribution < 1.29 is 42.0 Å². The zero-order valence-corrected chi connectivity index (χ0v) is 92.1. The summed E-state index contributed by atoms with van der Waals surface area (Å²) in [4.78, 5) is 50.9. The molecule has 0 saturated carbocycles. The molecule has 140 heavy (non-hydrogen) atoms. The maximum absolute atomic E-state index is 10.1. The van der Waals surface area contributed by atoms with Gasteiger partial charge in [-0.1, -0.05) is 143 Å². The number of rotatable bonds is 10. The van der Waals surface area contributed by atoms with E-state index in [0.717, 1.165) is 142 Å². The number of hydrogen-bond acceptors (Lipinski definition) is 24. The van der Waals surface area contributed by atoms with E-state index >= 15 is 0 Å². The normalized spacial score (nSPS) is 16.0. The number of nitrogen functional groups attached to an aromatic ring is 1.